The van der Waals surface area contributed by atoms with Crippen LogP contribution >= 0.6 is 0 Å². The van der Waals surface area contributed by atoms with E-state index in [4.69, 9.17) is 0 Å². The molecule has 6 aromatic carbocycles. The Morgan fingerprint density at radius 3 is 1.97 bits per heavy atom. The third kappa shape index (κ3) is 8.29. The standard InChI is InChI=1S/C60H59NO3/c1-9-11-18-50(37-61-60-33-13-16-39(4)53(14-10-2)59(7,8)54(60)36-60)38(3)15-12-17-42-19-31-51-48(34-42)28-29-49-35-47(30-32-52(49)51)45-22-20-43(21-23-45)44-24-26-46(27-25-44)55-40(5)41(6)56(62)58(64)57(55)63/h10-32,34-37,61-64H,9,33H2,1-8H3/b14-10-,16-13+,17-12-,18-11-,38-15-,50-37+,53-39-. The summed E-state index contributed by atoms with van der Waals surface area (Å²) in [5.74, 6) is -1.09. The van der Waals surface area contributed by atoms with Crippen LogP contribution in [0.4, 0.5) is 0 Å². The van der Waals surface area contributed by atoms with Crippen LogP contribution in [0.2, 0.25) is 0 Å². The molecule has 0 heterocycles. The van der Waals surface area contributed by atoms with E-state index in [2.05, 4.69) is 187 Å². The zero-order valence-electron chi connectivity index (χ0n) is 38.3. The lowest BCUT2D eigenvalue weighted by molar-refractivity contribution is 0.366. The van der Waals surface area contributed by atoms with E-state index in [-0.39, 0.29) is 22.5 Å². The molecule has 1 atom stereocenters. The Morgan fingerprint density at radius 2 is 1.31 bits per heavy atom. The van der Waals surface area contributed by atoms with Crippen molar-refractivity contribution in [1.82, 2.24) is 5.32 Å². The van der Waals surface area contributed by atoms with E-state index in [1.807, 2.05) is 31.2 Å². The summed E-state index contributed by atoms with van der Waals surface area (Å²) in [6.07, 6.45) is 26.6. The molecule has 0 spiro atoms. The van der Waals surface area contributed by atoms with Crippen molar-refractivity contribution in [3.8, 4) is 50.6 Å². The number of allylic oxidation sites excluding steroid dienone is 11. The lowest BCUT2D eigenvalue weighted by Crippen LogP contribution is -2.35. The van der Waals surface area contributed by atoms with Crippen LogP contribution in [0.3, 0.4) is 0 Å². The van der Waals surface area contributed by atoms with Gasteiger partial charge in [0, 0.05) is 17.2 Å². The third-order valence-corrected chi connectivity index (χ3v) is 13.4. The molecule has 0 aromatic heterocycles. The monoisotopic (exact) mass is 841 g/mol. The maximum atomic E-state index is 10.6. The Balaban J connectivity index is 0.961. The van der Waals surface area contributed by atoms with Crippen molar-refractivity contribution in [3.63, 3.8) is 0 Å². The minimum Gasteiger partial charge on any atom is -0.504 e. The Morgan fingerprint density at radius 1 is 0.703 bits per heavy atom. The predicted molar refractivity (Wildman–Crippen MR) is 272 cm³/mol. The number of aromatic hydroxyl groups is 3. The summed E-state index contributed by atoms with van der Waals surface area (Å²) < 4.78 is 0. The molecule has 0 radical (unpaired) electrons. The van der Waals surface area contributed by atoms with Crippen LogP contribution < -0.4 is 5.32 Å². The quantitative estimate of drug-likeness (QED) is 0.0454. The van der Waals surface area contributed by atoms with Crippen LogP contribution in [-0.4, -0.2) is 20.9 Å². The fourth-order valence-electron chi connectivity index (χ4n) is 9.46. The van der Waals surface area contributed by atoms with E-state index in [0.29, 0.717) is 11.1 Å². The van der Waals surface area contributed by atoms with Crippen molar-refractivity contribution in [1.29, 1.82) is 0 Å². The van der Waals surface area contributed by atoms with E-state index in [1.165, 1.54) is 49.4 Å². The van der Waals surface area contributed by atoms with Gasteiger partial charge in [0.15, 0.2) is 11.5 Å². The van der Waals surface area contributed by atoms with Gasteiger partial charge in [0.05, 0.1) is 5.54 Å². The van der Waals surface area contributed by atoms with Gasteiger partial charge in [-0.05, 0) is 154 Å². The Kier molecular flexibility index (Phi) is 12.0. The first kappa shape index (κ1) is 43.6. The summed E-state index contributed by atoms with van der Waals surface area (Å²) in [7, 11) is 0. The fourth-order valence-corrected chi connectivity index (χ4v) is 9.46. The van der Waals surface area contributed by atoms with E-state index < -0.39 is 5.75 Å². The first-order valence-electron chi connectivity index (χ1n) is 22.4. The summed E-state index contributed by atoms with van der Waals surface area (Å²) in [6, 6.07) is 34.3. The van der Waals surface area contributed by atoms with E-state index in [1.54, 1.807) is 6.92 Å². The molecule has 6 aromatic rings. The minimum atomic E-state index is -0.493. The first-order valence-corrected chi connectivity index (χ1v) is 22.4. The lowest BCUT2D eigenvalue weighted by Gasteiger charge is -2.33. The first-order chi connectivity index (χ1) is 30.8. The Labute approximate surface area is 379 Å². The summed E-state index contributed by atoms with van der Waals surface area (Å²) in [5, 5.41) is 39.8. The summed E-state index contributed by atoms with van der Waals surface area (Å²) >= 11 is 0. The van der Waals surface area contributed by atoms with Gasteiger partial charge in [-0.3, -0.25) is 0 Å². The van der Waals surface area contributed by atoms with Gasteiger partial charge in [0.2, 0.25) is 5.75 Å². The highest BCUT2D eigenvalue weighted by molar-refractivity contribution is 6.09. The highest BCUT2D eigenvalue weighted by atomic mass is 16.3. The highest BCUT2D eigenvalue weighted by Gasteiger charge is 2.51. The molecule has 8 rings (SSSR count). The van der Waals surface area contributed by atoms with Gasteiger partial charge in [0.25, 0.3) is 0 Å². The number of nitrogens with one attached hydrogen (secondary N) is 1. The number of phenolic OH excluding ortho intramolecular Hbond substituents is 3. The molecule has 0 bridgehead atoms. The highest BCUT2D eigenvalue weighted by Crippen LogP contribution is 2.54. The minimum absolute atomic E-state index is 0.0477. The molecule has 4 nitrogen and oxygen atoms in total. The molecule has 322 valence electrons. The average molecular weight is 842 g/mol. The van der Waals surface area contributed by atoms with Gasteiger partial charge < -0.3 is 20.6 Å². The third-order valence-electron chi connectivity index (χ3n) is 13.4. The van der Waals surface area contributed by atoms with Gasteiger partial charge in [-0.15, -0.1) is 0 Å². The second-order valence-electron chi connectivity index (χ2n) is 17.9. The zero-order valence-corrected chi connectivity index (χ0v) is 38.3. The molecule has 0 aliphatic heterocycles. The SMILES string of the molecule is C\C=C/C1=C(C)/C=C/CC2(N/C=C(\C=C/CC)C(/C)=C\C=C/c3ccc4c(ccc5cc(-c6ccc(-c7ccc(-c8c(C)c(C)c(O)c(O)c8O)cc7)cc6)ccc54)c3)C=C2C1(C)C. The van der Waals surface area contributed by atoms with E-state index in [9.17, 15) is 15.3 Å². The number of rotatable bonds is 11. The van der Waals surface area contributed by atoms with Gasteiger partial charge in [-0.1, -0.05) is 166 Å². The molecular formula is C60H59NO3. The topological polar surface area (TPSA) is 72.7 Å². The average Bonchev–Trinajstić information content (AvgIpc) is 4.03. The maximum absolute atomic E-state index is 10.6. The second kappa shape index (κ2) is 17.6. The maximum Gasteiger partial charge on any atom is 0.201 e. The molecule has 4 heteroatoms. The molecule has 1 unspecified atom stereocenters. The van der Waals surface area contributed by atoms with Gasteiger partial charge >= 0.3 is 0 Å². The summed E-state index contributed by atoms with van der Waals surface area (Å²) in [5.41, 5.74) is 14.5. The molecule has 0 fully saturated rings. The van der Waals surface area contributed by atoms with Crippen molar-refractivity contribution in [2.24, 2.45) is 5.41 Å². The van der Waals surface area contributed by atoms with Crippen LogP contribution in [0, 0.1) is 19.3 Å². The molecule has 0 saturated heterocycles. The van der Waals surface area contributed by atoms with Crippen LogP contribution in [-0.2, 0) is 0 Å². The Hall–Kier alpha value is -7.04. The van der Waals surface area contributed by atoms with Crippen molar-refractivity contribution in [2.75, 3.05) is 0 Å². The van der Waals surface area contributed by atoms with Crippen molar-refractivity contribution >= 4 is 27.6 Å². The lowest BCUT2D eigenvalue weighted by atomic mass is 9.74. The number of phenols is 3. The van der Waals surface area contributed by atoms with Gasteiger partial charge in [-0.25, -0.2) is 0 Å². The molecule has 2 aliphatic carbocycles. The predicted octanol–water partition coefficient (Wildman–Crippen LogP) is 15.7. The smallest absolute Gasteiger partial charge is 0.201 e. The Bertz CT molecular complexity index is 3020. The number of hydrogen-bond acceptors (Lipinski definition) is 4. The van der Waals surface area contributed by atoms with Gasteiger partial charge in [-0.2, -0.15) is 0 Å². The summed E-state index contributed by atoms with van der Waals surface area (Å²) in [4.78, 5) is 0. The van der Waals surface area contributed by atoms with Crippen LogP contribution in [0.5, 0.6) is 17.2 Å². The van der Waals surface area contributed by atoms with Crippen LogP contribution in [0.25, 0.3) is 61.0 Å². The number of hydrogen-bond donors (Lipinski definition) is 4. The number of fused-ring (bicyclic) bond motifs is 4. The van der Waals surface area contributed by atoms with Crippen LogP contribution in [0.1, 0.15) is 71.1 Å². The number of benzene rings is 6. The molecule has 0 amide bonds. The molecule has 2 aliphatic rings. The van der Waals surface area contributed by atoms with Crippen molar-refractivity contribution in [3.05, 3.63) is 203 Å². The van der Waals surface area contributed by atoms with E-state index in [0.717, 1.165) is 51.8 Å². The zero-order chi connectivity index (χ0) is 45.3. The van der Waals surface area contributed by atoms with Crippen molar-refractivity contribution < 1.29 is 15.3 Å². The van der Waals surface area contributed by atoms with Crippen molar-refractivity contribution in [2.45, 2.75) is 73.8 Å². The summed E-state index contributed by atoms with van der Waals surface area (Å²) in [6.45, 7) is 16.9. The molecular weight excluding hydrogens is 783 g/mol. The van der Waals surface area contributed by atoms with E-state index >= 15 is 0 Å². The van der Waals surface area contributed by atoms with Gasteiger partial charge in [0.1, 0.15) is 0 Å². The molecule has 64 heavy (non-hydrogen) atoms. The normalized spacial score (nSPS) is 19.3. The molecule has 4 N–H and O–H groups in total. The van der Waals surface area contributed by atoms with Crippen LogP contribution in [0.15, 0.2) is 186 Å². The molecule has 0 saturated carbocycles. The fraction of sp³-hybridized carbons (Fsp3) is 0.200. The largest absolute Gasteiger partial charge is 0.504 e. The second-order valence-corrected chi connectivity index (χ2v) is 17.9.